The minimum Gasteiger partial charge on any atom is -0.379 e. The highest BCUT2D eigenvalue weighted by molar-refractivity contribution is 7.89. The molecule has 1 fully saturated rings. The summed E-state index contributed by atoms with van der Waals surface area (Å²) in [6.45, 7) is 3.26. The zero-order valence-electron chi connectivity index (χ0n) is 16.2. The first-order chi connectivity index (χ1) is 14.5. The summed E-state index contributed by atoms with van der Waals surface area (Å²) < 4.78 is 33.4. The molecule has 0 unspecified atom stereocenters. The molecule has 0 bridgehead atoms. The van der Waals surface area contributed by atoms with E-state index in [-0.39, 0.29) is 10.6 Å². The minimum atomic E-state index is -3.63. The number of fused-ring (bicyclic) bond motifs is 1. The van der Waals surface area contributed by atoms with Crippen LogP contribution in [0.2, 0.25) is 0 Å². The minimum absolute atomic E-state index is 0.136. The Morgan fingerprint density at radius 3 is 2.77 bits per heavy atom. The third-order valence-corrected chi connectivity index (χ3v) is 7.65. The van der Waals surface area contributed by atoms with E-state index in [0.717, 1.165) is 15.8 Å². The summed E-state index contributed by atoms with van der Waals surface area (Å²) in [4.78, 5) is 4.62. The van der Waals surface area contributed by atoms with Crippen LogP contribution in [0.1, 0.15) is 10.6 Å². The van der Waals surface area contributed by atoms with E-state index in [2.05, 4.69) is 21.6 Å². The average Bonchev–Trinajstić information content (AvgIpc) is 3.20. The zero-order valence-corrected chi connectivity index (χ0v) is 17.8. The molecule has 8 nitrogen and oxygen atoms in total. The van der Waals surface area contributed by atoms with Crippen LogP contribution in [0.15, 0.2) is 52.5 Å². The van der Waals surface area contributed by atoms with Crippen molar-refractivity contribution in [3.8, 4) is 6.07 Å². The van der Waals surface area contributed by atoms with Gasteiger partial charge in [-0.3, -0.25) is 5.43 Å². The van der Waals surface area contributed by atoms with Gasteiger partial charge in [0.15, 0.2) is 10.7 Å². The second-order valence-corrected chi connectivity index (χ2v) is 9.63. The van der Waals surface area contributed by atoms with Gasteiger partial charge >= 0.3 is 0 Å². The van der Waals surface area contributed by atoms with E-state index >= 15 is 0 Å². The van der Waals surface area contributed by atoms with Crippen molar-refractivity contribution in [1.29, 1.82) is 5.26 Å². The van der Waals surface area contributed by atoms with Crippen molar-refractivity contribution in [1.82, 2.24) is 9.29 Å². The molecule has 30 heavy (non-hydrogen) atoms. The lowest BCUT2D eigenvalue weighted by Gasteiger charge is -2.26. The van der Waals surface area contributed by atoms with Gasteiger partial charge in [-0.15, -0.1) is 11.3 Å². The number of nitriles is 1. The molecular formula is C20H19N5O3S2. The summed E-state index contributed by atoms with van der Waals surface area (Å²) in [6.07, 6.45) is 0. The second-order valence-electron chi connectivity index (χ2n) is 6.66. The highest BCUT2D eigenvalue weighted by Gasteiger charge is 2.26. The van der Waals surface area contributed by atoms with Crippen LogP contribution in [-0.2, 0) is 14.8 Å². The number of ether oxygens (including phenoxy) is 1. The first-order valence-electron chi connectivity index (χ1n) is 9.27. The van der Waals surface area contributed by atoms with Crippen LogP contribution in [0.25, 0.3) is 10.2 Å². The molecule has 10 heteroatoms. The number of aryl methyl sites for hydroxylation is 1. The summed E-state index contributed by atoms with van der Waals surface area (Å²) >= 11 is 1.38. The lowest BCUT2D eigenvalue weighted by atomic mass is 10.2. The van der Waals surface area contributed by atoms with E-state index in [1.54, 1.807) is 12.1 Å². The summed E-state index contributed by atoms with van der Waals surface area (Å²) in [5.41, 5.74) is 5.10. The average molecular weight is 442 g/mol. The van der Waals surface area contributed by atoms with E-state index < -0.39 is 10.0 Å². The first kappa shape index (κ1) is 20.4. The number of hydrazone groups is 1. The smallest absolute Gasteiger partial charge is 0.243 e. The van der Waals surface area contributed by atoms with Gasteiger partial charge in [0.05, 0.1) is 34.0 Å². The van der Waals surface area contributed by atoms with Gasteiger partial charge in [0, 0.05) is 13.1 Å². The maximum Gasteiger partial charge on any atom is 0.243 e. The van der Waals surface area contributed by atoms with Crippen molar-refractivity contribution in [3.63, 3.8) is 0 Å². The maximum atomic E-state index is 12.9. The molecule has 1 aromatic heterocycles. The van der Waals surface area contributed by atoms with Crippen LogP contribution >= 0.6 is 11.3 Å². The molecule has 0 radical (unpaired) electrons. The largest absolute Gasteiger partial charge is 0.379 e. The highest BCUT2D eigenvalue weighted by Crippen LogP contribution is 2.25. The fraction of sp³-hybridized carbons (Fsp3) is 0.250. The number of aromatic nitrogens is 1. The number of nitrogens with one attached hydrogen (secondary N) is 1. The Balaban J connectivity index is 1.62. The van der Waals surface area contributed by atoms with Crippen molar-refractivity contribution < 1.29 is 13.2 Å². The molecule has 0 spiro atoms. The van der Waals surface area contributed by atoms with E-state index in [4.69, 9.17) is 4.74 Å². The number of para-hydroxylation sites is 1. The molecule has 3 aromatic rings. The van der Waals surface area contributed by atoms with Gasteiger partial charge in [-0.25, -0.2) is 13.4 Å². The van der Waals surface area contributed by atoms with Crippen LogP contribution in [0, 0.1) is 18.3 Å². The molecule has 4 rings (SSSR count). The lowest BCUT2D eigenvalue weighted by Crippen LogP contribution is -2.40. The number of thiazole rings is 1. The monoisotopic (exact) mass is 441 g/mol. The molecule has 0 aliphatic carbocycles. The van der Waals surface area contributed by atoms with Crippen molar-refractivity contribution in [2.75, 3.05) is 31.7 Å². The highest BCUT2D eigenvalue weighted by atomic mass is 32.2. The number of hydrogen-bond donors (Lipinski definition) is 1. The predicted octanol–water partition coefficient (Wildman–Crippen LogP) is 2.97. The molecule has 2 aromatic carbocycles. The lowest BCUT2D eigenvalue weighted by molar-refractivity contribution is 0.0730. The number of anilines is 1. The second kappa shape index (κ2) is 8.49. The fourth-order valence-corrected chi connectivity index (χ4v) is 5.37. The fourth-order valence-electron chi connectivity index (χ4n) is 3.03. The van der Waals surface area contributed by atoms with Gasteiger partial charge in [-0.05, 0) is 36.8 Å². The summed E-state index contributed by atoms with van der Waals surface area (Å²) in [5.74, 6) is 0. The Hall–Kier alpha value is -2.84. The number of morpholine rings is 1. The van der Waals surface area contributed by atoms with E-state index in [9.17, 15) is 13.7 Å². The third-order valence-electron chi connectivity index (χ3n) is 4.71. The van der Waals surface area contributed by atoms with Crippen molar-refractivity contribution in [2.45, 2.75) is 11.8 Å². The Bertz CT molecular complexity index is 1220. The number of hydrogen-bond acceptors (Lipinski definition) is 8. The molecule has 0 atom stereocenters. The quantitative estimate of drug-likeness (QED) is 0.482. The van der Waals surface area contributed by atoms with E-state index in [1.165, 1.54) is 21.7 Å². The van der Waals surface area contributed by atoms with Gasteiger partial charge in [-0.1, -0.05) is 18.2 Å². The summed E-state index contributed by atoms with van der Waals surface area (Å²) in [6, 6.07) is 14.5. The van der Waals surface area contributed by atoms with Crippen LogP contribution < -0.4 is 5.43 Å². The van der Waals surface area contributed by atoms with Crippen molar-refractivity contribution >= 4 is 43.0 Å². The molecule has 1 aliphatic rings. The van der Waals surface area contributed by atoms with Gasteiger partial charge in [-0.2, -0.15) is 14.7 Å². The SMILES string of the molecule is Cc1ccc(S(=O)(=O)N2CCOCC2)cc1NN=C(C#N)c1nc2ccccc2s1. The number of rotatable bonds is 5. The van der Waals surface area contributed by atoms with Gasteiger partial charge < -0.3 is 4.74 Å². The Kier molecular flexibility index (Phi) is 5.78. The first-order valence-corrected chi connectivity index (χ1v) is 11.5. The Morgan fingerprint density at radius 2 is 2.03 bits per heavy atom. The van der Waals surface area contributed by atoms with E-state index in [0.29, 0.717) is 37.0 Å². The van der Waals surface area contributed by atoms with Crippen LogP contribution in [0.3, 0.4) is 0 Å². The molecule has 0 saturated carbocycles. The van der Waals surface area contributed by atoms with Crippen LogP contribution in [0.4, 0.5) is 5.69 Å². The van der Waals surface area contributed by atoms with Crippen LogP contribution in [0.5, 0.6) is 0 Å². The van der Waals surface area contributed by atoms with Crippen molar-refractivity contribution in [2.24, 2.45) is 5.10 Å². The Labute approximate surface area is 178 Å². The number of benzene rings is 2. The molecule has 0 amide bonds. The number of nitrogens with zero attached hydrogens (tertiary/aromatic N) is 4. The zero-order chi connectivity index (χ0) is 21.1. The van der Waals surface area contributed by atoms with Gasteiger partial charge in [0.2, 0.25) is 10.0 Å². The van der Waals surface area contributed by atoms with Crippen molar-refractivity contribution in [3.05, 3.63) is 53.0 Å². The standard InChI is InChI=1S/C20H19N5O3S2/c1-14-6-7-15(30(26,27)25-8-10-28-11-9-25)12-17(14)23-24-18(13-21)20-22-16-4-2-3-5-19(16)29-20/h2-7,12,23H,8-11H2,1H3. The van der Waals surface area contributed by atoms with Gasteiger partial charge in [0.25, 0.3) is 0 Å². The topological polar surface area (TPSA) is 108 Å². The molecule has 2 heterocycles. The molecule has 1 saturated heterocycles. The normalized spacial score (nSPS) is 15.8. The summed E-state index contributed by atoms with van der Waals surface area (Å²) in [7, 11) is -3.63. The molecule has 154 valence electrons. The predicted molar refractivity (Wildman–Crippen MR) is 116 cm³/mol. The number of sulfonamides is 1. The van der Waals surface area contributed by atoms with Gasteiger partial charge in [0.1, 0.15) is 6.07 Å². The molecular weight excluding hydrogens is 422 g/mol. The molecule has 1 N–H and O–H groups in total. The molecule has 1 aliphatic heterocycles. The van der Waals surface area contributed by atoms with E-state index in [1.807, 2.05) is 31.2 Å². The van der Waals surface area contributed by atoms with Crippen LogP contribution in [-0.4, -0.2) is 49.7 Å². The third kappa shape index (κ3) is 4.06. The summed E-state index contributed by atoms with van der Waals surface area (Å²) in [5, 5.41) is 14.2. The maximum absolute atomic E-state index is 12.9. The Morgan fingerprint density at radius 1 is 1.27 bits per heavy atom.